The molecule has 1 saturated heterocycles. The number of hydrogen-bond acceptors (Lipinski definition) is 3. The van der Waals surface area contributed by atoms with E-state index in [1.807, 2.05) is 12.1 Å². The van der Waals surface area contributed by atoms with E-state index in [4.69, 9.17) is 16.3 Å². The Bertz CT molecular complexity index is 440. The molecule has 112 valence electrons. The highest BCUT2D eigenvalue weighted by molar-refractivity contribution is 6.31. The van der Waals surface area contributed by atoms with E-state index < -0.39 is 0 Å². The van der Waals surface area contributed by atoms with E-state index in [0.717, 1.165) is 24.7 Å². The SMILES string of the molecule is CC(C)NCc1c(Cl)cccc1N1C[C@@H](C)O[C@@H](C)C1. The second-order valence-corrected chi connectivity index (χ2v) is 6.34. The molecule has 0 aromatic heterocycles. The Morgan fingerprint density at radius 2 is 1.95 bits per heavy atom. The van der Waals surface area contributed by atoms with Crippen molar-refractivity contribution in [3.63, 3.8) is 0 Å². The van der Waals surface area contributed by atoms with E-state index in [2.05, 4.69) is 44.0 Å². The second kappa shape index (κ2) is 6.79. The zero-order valence-electron chi connectivity index (χ0n) is 12.8. The number of benzene rings is 1. The second-order valence-electron chi connectivity index (χ2n) is 5.94. The van der Waals surface area contributed by atoms with Crippen LogP contribution in [-0.2, 0) is 11.3 Å². The number of morpholine rings is 1. The van der Waals surface area contributed by atoms with E-state index in [1.54, 1.807) is 0 Å². The summed E-state index contributed by atoms with van der Waals surface area (Å²) in [5, 5.41) is 4.30. The summed E-state index contributed by atoms with van der Waals surface area (Å²) in [4.78, 5) is 2.39. The van der Waals surface area contributed by atoms with Gasteiger partial charge in [-0.3, -0.25) is 0 Å². The summed E-state index contributed by atoms with van der Waals surface area (Å²) >= 11 is 6.41. The largest absolute Gasteiger partial charge is 0.372 e. The van der Waals surface area contributed by atoms with Crippen LogP contribution in [0.2, 0.25) is 5.02 Å². The van der Waals surface area contributed by atoms with Crippen molar-refractivity contribution in [2.75, 3.05) is 18.0 Å². The molecule has 0 amide bonds. The number of nitrogens with one attached hydrogen (secondary N) is 1. The molecule has 0 saturated carbocycles. The first kappa shape index (κ1) is 15.6. The predicted molar refractivity (Wildman–Crippen MR) is 85.6 cm³/mol. The minimum Gasteiger partial charge on any atom is -0.372 e. The molecule has 2 rings (SSSR count). The first-order valence-corrected chi connectivity index (χ1v) is 7.76. The number of anilines is 1. The maximum atomic E-state index is 6.41. The summed E-state index contributed by atoms with van der Waals surface area (Å²) in [6.45, 7) is 11.2. The Morgan fingerprint density at radius 1 is 1.30 bits per heavy atom. The van der Waals surface area contributed by atoms with Gasteiger partial charge in [0.1, 0.15) is 0 Å². The average Bonchev–Trinajstić information content (AvgIpc) is 2.35. The predicted octanol–water partition coefficient (Wildman–Crippen LogP) is 3.45. The molecule has 1 aliphatic heterocycles. The van der Waals surface area contributed by atoms with E-state index in [1.165, 1.54) is 11.3 Å². The molecule has 0 radical (unpaired) electrons. The Labute approximate surface area is 127 Å². The fourth-order valence-corrected chi connectivity index (χ4v) is 2.94. The van der Waals surface area contributed by atoms with Gasteiger partial charge < -0.3 is 15.0 Å². The summed E-state index contributed by atoms with van der Waals surface area (Å²) in [5.74, 6) is 0. The molecule has 3 nitrogen and oxygen atoms in total. The molecule has 4 heteroatoms. The normalized spacial score (nSPS) is 23.4. The number of rotatable bonds is 4. The molecule has 1 heterocycles. The number of halogens is 1. The van der Waals surface area contributed by atoms with Gasteiger partial charge in [0.05, 0.1) is 12.2 Å². The average molecular weight is 297 g/mol. The molecule has 0 bridgehead atoms. The first-order valence-electron chi connectivity index (χ1n) is 7.38. The van der Waals surface area contributed by atoms with Crippen LogP contribution in [0.3, 0.4) is 0 Å². The van der Waals surface area contributed by atoms with Gasteiger partial charge in [-0.1, -0.05) is 31.5 Å². The van der Waals surface area contributed by atoms with Crippen molar-refractivity contribution < 1.29 is 4.74 Å². The van der Waals surface area contributed by atoms with Crippen LogP contribution in [-0.4, -0.2) is 31.3 Å². The van der Waals surface area contributed by atoms with E-state index in [-0.39, 0.29) is 12.2 Å². The monoisotopic (exact) mass is 296 g/mol. The van der Waals surface area contributed by atoms with Crippen LogP contribution in [0, 0.1) is 0 Å². The lowest BCUT2D eigenvalue weighted by atomic mass is 10.1. The molecular formula is C16H25ClN2O. The van der Waals surface area contributed by atoms with Crippen molar-refractivity contribution in [3.05, 3.63) is 28.8 Å². The van der Waals surface area contributed by atoms with Crippen molar-refractivity contribution in [1.29, 1.82) is 0 Å². The standard InChI is InChI=1S/C16H25ClN2O/c1-11(2)18-8-14-15(17)6-5-7-16(14)19-9-12(3)20-13(4)10-19/h5-7,11-13,18H,8-10H2,1-4H3/t12-,13+. The lowest BCUT2D eigenvalue weighted by Gasteiger charge is -2.38. The summed E-state index contributed by atoms with van der Waals surface area (Å²) in [5.41, 5.74) is 2.41. The fraction of sp³-hybridized carbons (Fsp3) is 0.625. The van der Waals surface area contributed by atoms with Gasteiger partial charge in [0.15, 0.2) is 0 Å². The quantitative estimate of drug-likeness (QED) is 0.921. The smallest absolute Gasteiger partial charge is 0.0726 e. The van der Waals surface area contributed by atoms with Crippen molar-refractivity contribution >= 4 is 17.3 Å². The van der Waals surface area contributed by atoms with Crippen LogP contribution in [0.4, 0.5) is 5.69 Å². The zero-order chi connectivity index (χ0) is 14.7. The van der Waals surface area contributed by atoms with E-state index >= 15 is 0 Å². The van der Waals surface area contributed by atoms with Gasteiger partial charge in [0.2, 0.25) is 0 Å². The first-order chi connectivity index (χ1) is 9.47. The van der Waals surface area contributed by atoms with Crippen LogP contribution >= 0.6 is 11.6 Å². The van der Waals surface area contributed by atoms with Crippen LogP contribution in [0.15, 0.2) is 18.2 Å². The van der Waals surface area contributed by atoms with Gasteiger partial charge >= 0.3 is 0 Å². The molecule has 0 spiro atoms. The maximum absolute atomic E-state index is 6.41. The highest BCUT2D eigenvalue weighted by Crippen LogP contribution is 2.29. The lowest BCUT2D eigenvalue weighted by Crippen LogP contribution is -2.46. The highest BCUT2D eigenvalue weighted by atomic mass is 35.5. The third-order valence-corrected chi connectivity index (χ3v) is 3.90. The Hall–Kier alpha value is -0.770. The summed E-state index contributed by atoms with van der Waals surface area (Å²) < 4.78 is 5.82. The molecular weight excluding hydrogens is 272 g/mol. The summed E-state index contributed by atoms with van der Waals surface area (Å²) in [6.07, 6.45) is 0.507. The van der Waals surface area contributed by atoms with E-state index in [9.17, 15) is 0 Å². The van der Waals surface area contributed by atoms with E-state index in [0.29, 0.717) is 6.04 Å². The molecule has 1 aliphatic rings. The Morgan fingerprint density at radius 3 is 2.55 bits per heavy atom. The molecule has 2 atom stereocenters. The van der Waals surface area contributed by atoms with Crippen LogP contribution in [0.25, 0.3) is 0 Å². The van der Waals surface area contributed by atoms with Crippen LogP contribution in [0.5, 0.6) is 0 Å². The molecule has 1 aromatic rings. The van der Waals surface area contributed by atoms with Gasteiger partial charge in [-0.2, -0.15) is 0 Å². The van der Waals surface area contributed by atoms with Crippen LogP contribution < -0.4 is 10.2 Å². The molecule has 20 heavy (non-hydrogen) atoms. The molecule has 1 aromatic carbocycles. The van der Waals surface area contributed by atoms with Crippen molar-refractivity contribution in [2.45, 2.75) is 52.5 Å². The molecule has 1 fully saturated rings. The minimum atomic E-state index is 0.253. The third kappa shape index (κ3) is 3.87. The number of ether oxygens (including phenoxy) is 1. The van der Waals surface area contributed by atoms with Crippen molar-refractivity contribution in [3.8, 4) is 0 Å². The highest BCUT2D eigenvalue weighted by Gasteiger charge is 2.24. The Balaban J connectivity index is 2.23. The number of nitrogens with zero attached hydrogens (tertiary/aromatic N) is 1. The van der Waals surface area contributed by atoms with Crippen molar-refractivity contribution in [2.24, 2.45) is 0 Å². The van der Waals surface area contributed by atoms with Gasteiger partial charge in [-0.15, -0.1) is 0 Å². The fourth-order valence-electron chi connectivity index (χ4n) is 2.70. The molecule has 0 aliphatic carbocycles. The Kier molecular flexibility index (Phi) is 5.30. The van der Waals surface area contributed by atoms with Gasteiger partial charge in [0.25, 0.3) is 0 Å². The maximum Gasteiger partial charge on any atom is 0.0726 e. The summed E-state index contributed by atoms with van der Waals surface area (Å²) in [7, 11) is 0. The number of hydrogen-bond donors (Lipinski definition) is 1. The topological polar surface area (TPSA) is 24.5 Å². The van der Waals surface area contributed by atoms with Crippen LogP contribution in [0.1, 0.15) is 33.3 Å². The minimum absolute atomic E-state index is 0.253. The molecule has 1 N–H and O–H groups in total. The lowest BCUT2D eigenvalue weighted by molar-refractivity contribution is -0.00526. The third-order valence-electron chi connectivity index (χ3n) is 3.54. The van der Waals surface area contributed by atoms with Crippen molar-refractivity contribution in [1.82, 2.24) is 5.32 Å². The van der Waals surface area contributed by atoms with Gasteiger partial charge in [-0.05, 0) is 26.0 Å². The van der Waals surface area contributed by atoms with Gasteiger partial charge in [0, 0.05) is 41.9 Å². The summed E-state index contributed by atoms with van der Waals surface area (Å²) in [6, 6.07) is 6.60. The molecule has 0 unspecified atom stereocenters. The van der Waals surface area contributed by atoms with Gasteiger partial charge in [-0.25, -0.2) is 0 Å². The zero-order valence-corrected chi connectivity index (χ0v) is 13.6.